The van der Waals surface area contributed by atoms with E-state index in [1.54, 1.807) is 4.90 Å². The number of halogens is 3. The Labute approximate surface area is 182 Å². The van der Waals surface area contributed by atoms with Crippen molar-refractivity contribution >= 4 is 42.7 Å². The van der Waals surface area contributed by atoms with Gasteiger partial charge in [0.1, 0.15) is 17.3 Å². The van der Waals surface area contributed by atoms with Crippen molar-refractivity contribution in [3.63, 3.8) is 0 Å². The molecular formula is C17H14F3N5O5S2. The first kappa shape index (κ1) is 22.2. The van der Waals surface area contributed by atoms with Crippen LogP contribution in [0.25, 0.3) is 10.2 Å². The second-order valence-electron chi connectivity index (χ2n) is 6.67. The average Bonchev–Trinajstić information content (AvgIpc) is 3.17. The lowest BCUT2D eigenvalue weighted by Crippen LogP contribution is -2.58. The number of fused-ring (bicyclic) bond motifs is 1. The number of ether oxygens (including phenoxy) is 1. The third-order valence-corrected chi connectivity index (χ3v) is 7.63. The van der Waals surface area contributed by atoms with Gasteiger partial charge in [0.15, 0.2) is 5.13 Å². The number of alkyl halides is 3. The summed E-state index contributed by atoms with van der Waals surface area (Å²) in [5, 5.41) is 17.7. The molecule has 15 heteroatoms. The highest BCUT2D eigenvalue weighted by atomic mass is 32.2. The Balaban J connectivity index is 1.57. The Morgan fingerprint density at radius 3 is 2.47 bits per heavy atom. The van der Waals surface area contributed by atoms with E-state index in [1.807, 2.05) is 0 Å². The summed E-state index contributed by atoms with van der Waals surface area (Å²) < 4.78 is 68.3. The van der Waals surface area contributed by atoms with Crippen LogP contribution in [-0.4, -0.2) is 71.0 Å². The minimum atomic E-state index is -4.92. The van der Waals surface area contributed by atoms with Gasteiger partial charge in [-0.25, -0.2) is 13.4 Å². The van der Waals surface area contributed by atoms with Crippen LogP contribution < -0.4 is 9.64 Å². The lowest BCUT2D eigenvalue weighted by atomic mass is 10.2. The molecule has 0 aliphatic carbocycles. The number of benzene rings is 1. The van der Waals surface area contributed by atoms with Crippen LogP contribution >= 0.6 is 11.3 Å². The fraction of sp³-hybridized carbons (Fsp3) is 0.294. The molecule has 2 aromatic heterocycles. The molecule has 0 amide bonds. The van der Waals surface area contributed by atoms with Crippen molar-refractivity contribution in [2.24, 2.45) is 0 Å². The molecule has 3 heterocycles. The number of anilines is 1. The minimum Gasteiger partial charge on any atom is -0.480 e. The predicted octanol–water partition coefficient (Wildman–Crippen LogP) is 1.95. The zero-order valence-corrected chi connectivity index (χ0v) is 17.6. The van der Waals surface area contributed by atoms with E-state index in [0.717, 1.165) is 33.3 Å². The summed E-state index contributed by atoms with van der Waals surface area (Å²) in [4.78, 5) is 17.6. The lowest BCUT2D eigenvalue weighted by Gasteiger charge is -2.38. The number of carbonyl (C=O) groups is 1. The van der Waals surface area contributed by atoms with Crippen LogP contribution in [-0.2, 0) is 14.8 Å². The topological polar surface area (TPSA) is 126 Å². The molecule has 1 aromatic carbocycles. The van der Waals surface area contributed by atoms with Crippen molar-refractivity contribution in [1.29, 1.82) is 0 Å². The number of hydrogen-bond donors (Lipinski definition) is 1. The largest absolute Gasteiger partial charge is 0.573 e. The number of thiazole rings is 1. The van der Waals surface area contributed by atoms with Crippen molar-refractivity contribution in [3.05, 3.63) is 36.7 Å². The fourth-order valence-electron chi connectivity index (χ4n) is 3.20. The van der Waals surface area contributed by atoms with Gasteiger partial charge in [0.05, 0.1) is 22.0 Å². The number of aromatic nitrogens is 3. The molecule has 10 nitrogen and oxygen atoms in total. The number of nitrogens with zero attached hydrogens (tertiary/aromatic N) is 5. The maximum absolute atomic E-state index is 13.0. The zero-order valence-electron chi connectivity index (χ0n) is 15.9. The molecule has 32 heavy (non-hydrogen) atoms. The molecular weight excluding hydrogens is 475 g/mol. The Morgan fingerprint density at radius 1 is 1.16 bits per heavy atom. The third-order valence-electron chi connectivity index (χ3n) is 4.64. The molecule has 1 fully saturated rings. The van der Waals surface area contributed by atoms with Gasteiger partial charge < -0.3 is 14.7 Å². The van der Waals surface area contributed by atoms with E-state index in [4.69, 9.17) is 0 Å². The highest BCUT2D eigenvalue weighted by Gasteiger charge is 2.41. The SMILES string of the molecule is O=C(O)[C@H]1CN(c2nc3cnncc3s2)CCN1S(=O)(=O)c1ccc(OC(F)(F)F)cc1. The highest BCUT2D eigenvalue weighted by molar-refractivity contribution is 7.89. The van der Waals surface area contributed by atoms with E-state index >= 15 is 0 Å². The van der Waals surface area contributed by atoms with Crippen LogP contribution in [0.15, 0.2) is 41.6 Å². The molecule has 1 N–H and O–H groups in total. The molecule has 4 rings (SSSR count). The highest BCUT2D eigenvalue weighted by Crippen LogP contribution is 2.31. The summed E-state index contributed by atoms with van der Waals surface area (Å²) in [5.41, 5.74) is 0.586. The van der Waals surface area contributed by atoms with Crippen molar-refractivity contribution in [1.82, 2.24) is 19.5 Å². The van der Waals surface area contributed by atoms with E-state index in [0.29, 0.717) is 10.6 Å². The minimum absolute atomic E-state index is 0.160. The zero-order chi connectivity index (χ0) is 23.1. The molecule has 170 valence electrons. The normalized spacial score (nSPS) is 18.1. The summed E-state index contributed by atoms with van der Waals surface area (Å²) in [6.07, 6.45) is -1.92. The standard InChI is InChI=1S/C17H14F3N5O5S2/c18-17(19,20)30-10-1-3-11(4-2-10)32(28,29)25-6-5-24(9-13(25)15(26)27)16-23-12-7-21-22-8-14(12)31-16/h1-4,7-8,13H,5-6,9H2,(H,26,27)/t13-/m1/s1. The van der Waals surface area contributed by atoms with Crippen molar-refractivity contribution in [2.45, 2.75) is 17.3 Å². The molecule has 1 aliphatic heterocycles. The van der Waals surface area contributed by atoms with Crippen LogP contribution in [0.3, 0.4) is 0 Å². The van der Waals surface area contributed by atoms with Crippen LogP contribution in [0.5, 0.6) is 5.75 Å². The number of piperazine rings is 1. The van der Waals surface area contributed by atoms with Crippen LogP contribution in [0.1, 0.15) is 0 Å². The smallest absolute Gasteiger partial charge is 0.480 e. The number of aliphatic carboxylic acids is 1. The van der Waals surface area contributed by atoms with Crippen LogP contribution in [0.2, 0.25) is 0 Å². The van der Waals surface area contributed by atoms with Crippen molar-refractivity contribution in [3.8, 4) is 5.75 Å². The van der Waals surface area contributed by atoms with Gasteiger partial charge >= 0.3 is 12.3 Å². The van der Waals surface area contributed by atoms with E-state index < -0.39 is 34.1 Å². The van der Waals surface area contributed by atoms with Gasteiger partial charge in [-0.1, -0.05) is 11.3 Å². The van der Waals surface area contributed by atoms with E-state index in [9.17, 15) is 31.5 Å². The van der Waals surface area contributed by atoms with Gasteiger partial charge in [0.2, 0.25) is 10.0 Å². The summed E-state index contributed by atoms with van der Waals surface area (Å²) in [6, 6.07) is 2.17. The maximum Gasteiger partial charge on any atom is 0.573 e. The van der Waals surface area contributed by atoms with E-state index in [-0.39, 0.29) is 24.5 Å². The molecule has 1 atom stereocenters. The Bertz CT molecular complexity index is 1220. The van der Waals surface area contributed by atoms with Gasteiger partial charge in [0, 0.05) is 19.6 Å². The Hall–Kier alpha value is -3.04. The Morgan fingerprint density at radius 2 is 1.84 bits per heavy atom. The molecule has 0 unspecified atom stereocenters. The lowest BCUT2D eigenvalue weighted by molar-refractivity contribution is -0.274. The first-order chi connectivity index (χ1) is 15.0. The first-order valence-corrected chi connectivity index (χ1v) is 11.2. The summed E-state index contributed by atoms with van der Waals surface area (Å²) in [5.74, 6) is -1.95. The molecule has 0 spiro atoms. The molecule has 1 saturated heterocycles. The number of rotatable bonds is 5. The molecule has 0 radical (unpaired) electrons. The number of carboxylic acid groups (broad SMARTS) is 1. The number of carboxylic acids is 1. The quantitative estimate of drug-likeness (QED) is 0.572. The molecule has 0 saturated carbocycles. The number of hydrogen-bond acceptors (Lipinski definition) is 9. The number of sulfonamides is 1. The second kappa shape index (κ2) is 8.14. The first-order valence-electron chi connectivity index (χ1n) is 8.97. The maximum atomic E-state index is 13.0. The fourth-order valence-corrected chi connectivity index (χ4v) is 5.71. The molecule has 3 aromatic rings. The van der Waals surface area contributed by atoms with Gasteiger partial charge in [-0.05, 0) is 24.3 Å². The monoisotopic (exact) mass is 489 g/mol. The summed E-state index contributed by atoms with van der Waals surface area (Å²) >= 11 is 1.27. The van der Waals surface area contributed by atoms with Gasteiger partial charge in [-0.3, -0.25) is 4.79 Å². The average molecular weight is 489 g/mol. The van der Waals surface area contributed by atoms with Gasteiger partial charge in [-0.15, -0.1) is 13.2 Å². The van der Waals surface area contributed by atoms with Crippen LogP contribution in [0, 0.1) is 0 Å². The van der Waals surface area contributed by atoms with Crippen LogP contribution in [0.4, 0.5) is 18.3 Å². The van der Waals surface area contributed by atoms with E-state index in [1.165, 1.54) is 23.7 Å². The van der Waals surface area contributed by atoms with Gasteiger partial charge in [0.25, 0.3) is 0 Å². The third kappa shape index (κ3) is 4.44. The predicted molar refractivity (Wildman–Crippen MR) is 106 cm³/mol. The van der Waals surface area contributed by atoms with Crippen molar-refractivity contribution in [2.75, 3.05) is 24.5 Å². The second-order valence-corrected chi connectivity index (χ2v) is 9.57. The van der Waals surface area contributed by atoms with Gasteiger partial charge in [-0.2, -0.15) is 14.5 Å². The van der Waals surface area contributed by atoms with Crippen molar-refractivity contribution < 1.29 is 36.2 Å². The Kier molecular flexibility index (Phi) is 5.64. The summed E-state index contributed by atoms with van der Waals surface area (Å²) in [7, 11) is -4.29. The van der Waals surface area contributed by atoms with E-state index in [2.05, 4.69) is 19.9 Å². The molecule has 1 aliphatic rings. The molecule has 0 bridgehead atoms. The summed E-state index contributed by atoms with van der Waals surface area (Å²) in [6.45, 7) is -0.157.